The van der Waals surface area contributed by atoms with Gasteiger partial charge in [-0.2, -0.15) is 0 Å². The van der Waals surface area contributed by atoms with Gasteiger partial charge in [0, 0.05) is 12.0 Å². The fraction of sp³-hybridized carbons (Fsp3) is 0.316. The predicted octanol–water partition coefficient (Wildman–Crippen LogP) is 3.81. The summed E-state index contributed by atoms with van der Waals surface area (Å²) in [6, 6.07) is 19.5. The van der Waals surface area contributed by atoms with Crippen LogP contribution in [0.25, 0.3) is 0 Å². The van der Waals surface area contributed by atoms with Crippen molar-refractivity contribution in [2.45, 2.75) is 38.3 Å². The highest BCUT2D eigenvalue weighted by Gasteiger charge is 2.25. The molecule has 2 atom stereocenters. The predicted molar refractivity (Wildman–Crippen MR) is 88.4 cm³/mol. The van der Waals surface area contributed by atoms with Gasteiger partial charge < -0.3 is 10.5 Å². The van der Waals surface area contributed by atoms with Crippen molar-refractivity contribution in [1.29, 1.82) is 0 Å². The fourth-order valence-corrected chi connectivity index (χ4v) is 2.55. The lowest BCUT2D eigenvalue weighted by molar-refractivity contribution is -0.148. The van der Waals surface area contributed by atoms with E-state index in [2.05, 4.69) is 0 Å². The van der Waals surface area contributed by atoms with E-state index in [1.54, 1.807) is 0 Å². The zero-order chi connectivity index (χ0) is 15.9. The highest BCUT2D eigenvalue weighted by atomic mass is 16.5. The molecule has 0 aromatic heterocycles. The van der Waals surface area contributed by atoms with Crippen LogP contribution in [-0.2, 0) is 9.53 Å². The number of benzene rings is 2. The van der Waals surface area contributed by atoms with Crippen LogP contribution in [0.4, 0.5) is 0 Å². The first-order valence-corrected chi connectivity index (χ1v) is 7.63. The minimum Gasteiger partial charge on any atom is -0.463 e. The van der Waals surface area contributed by atoms with Crippen LogP contribution in [0.2, 0.25) is 0 Å². The molecule has 0 radical (unpaired) electrons. The minimum atomic E-state index is -0.247. The number of hydrogen-bond acceptors (Lipinski definition) is 3. The summed E-state index contributed by atoms with van der Waals surface area (Å²) in [5, 5.41) is 0. The van der Waals surface area contributed by atoms with Crippen LogP contribution in [-0.4, -0.2) is 12.1 Å². The standard InChI is InChI=1S/C19H23NO2/c1-14(2)22-18(21)13-17(15-9-5-3-6-10-15)19(20)16-11-7-4-8-12-16/h3-12,14,17,19H,13,20H2,1-2H3. The number of hydrogen-bond donors (Lipinski definition) is 1. The van der Waals surface area contributed by atoms with Crippen LogP contribution in [0.1, 0.15) is 43.4 Å². The maximum atomic E-state index is 12.1. The number of esters is 1. The van der Waals surface area contributed by atoms with Gasteiger partial charge in [-0.25, -0.2) is 0 Å². The SMILES string of the molecule is CC(C)OC(=O)CC(c1ccccc1)C(N)c1ccccc1. The molecule has 0 amide bonds. The first kappa shape index (κ1) is 16.2. The third-order valence-corrected chi connectivity index (χ3v) is 3.60. The summed E-state index contributed by atoms with van der Waals surface area (Å²) in [5.74, 6) is -0.315. The van der Waals surface area contributed by atoms with E-state index in [1.807, 2.05) is 74.5 Å². The van der Waals surface area contributed by atoms with Crippen molar-refractivity contribution in [2.24, 2.45) is 5.73 Å². The summed E-state index contributed by atoms with van der Waals surface area (Å²) in [5.41, 5.74) is 8.52. The highest BCUT2D eigenvalue weighted by molar-refractivity contribution is 5.71. The van der Waals surface area contributed by atoms with Crippen molar-refractivity contribution in [1.82, 2.24) is 0 Å². The maximum absolute atomic E-state index is 12.1. The monoisotopic (exact) mass is 297 g/mol. The topological polar surface area (TPSA) is 52.3 Å². The third kappa shape index (κ3) is 4.43. The Kier molecular flexibility index (Phi) is 5.73. The largest absolute Gasteiger partial charge is 0.463 e. The van der Waals surface area contributed by atoms with Crippen molar-refractivity contribution in [3.63, 3.8) is 0 Å². The first-order valence-electron chi connectivity index (χ1n) is 7.63. The molecule has 2 rings (SSSR count). The van der Waals surface area contributed by atoms with E-state index in [0.717, 1.165) is 11.1 Å². The second kappa shape index (κ2) is 7.76. The molecule has 2 aromatic carbocycles. The molecule has 0 heterocycles. The molecule has 2 N–H and O–H groups in total. The van der Waals surface area contributed by atoms with Crippen molar-refractivity contribution in [2.75, 3.05) is 0 Å². The first-order chi connectivity index (χ1) is 10.6. The molecule has 0 aliphatic carbocycles. The summed E-state index contributed by atoms with van der Waals surface area (Å²) < 4.78 is 5.29. The lowest BCUT2D eigenvalue weighted by Crippen LogP contribution is -2.24. The molecular weight excluding hydrogens is 274 g/mol. The molecule has 2 aromatic rings. The second-order valence-electron chi connectivity index (χ2n) is 5.70. The van der Waals surface area contributed by atoms with Gasteiger partial charge in [-0.1, -0.05) is 60.7 Å². The smallest absolute Gasteiger partial charge is 0.306 e. The molecule has 3 nitrogen and oxygen atoms in total. The molecule has 2 unspecified atom stereocenters. The Morgan fingerprint density at radius 1 is 0.955 bits per heavy atom. The second-order valence-corrected chi connectivity index (χ2v) is 5.70. The Hall–Kier alpha value is -2.13. The minimum absolute atomic E-state index is 0.102. The zero-order valence-corrected chi connectivity index (χ0v) is 13.1. The van der Waals surface area contributed by atoms with Gasteiger partial charge in [0.1, 0.15) is 0 Å². The average molecular weight is 297 g/mol. The van der Waals surface area contributed by atoms with E-state index in [4.69, 9.17) is 10.5 Å². The van der Waals surface area contributed by atoms with E-state index >= 15 is 0 Å². The summed E-state index contributed by atoms with van der Waals surface area (Å²) in [6.45, 7) is 3.71. The highest BCUT2D eigenvalue weighted by Crippen LogP contribution is 2.32. The van der Waals surface area contributed by atoms with Crippen LogP contribution in [0.3, 0.4) is 0 Å². The number of carbonyl (C=O) groups excluding carboxylic acids is 1. The molecule has 0 bridgehead atoms. The molecule has 0 saturated heterocycles. The number of nitrogens with two attached hydrogens (primary N) is 1. The quantitative estimate of drug-likeness (QED) is 0.825. The maximum Gasteiger partial charge on any atom is 0.306 e. The Morgan fingerprint density at radius 3 is 1.95 bits per heavy atom. The van der Waals surface area contributed by atoms with Crippen LogP contribution < -0.4 is 5.73 Å². The summed E-state index contributed by atoms with van der Waals surface area (Å²) in [4.78, 5) is 12.1. The third-order valence-electron chi connectivity index (χ3n) is 3.60. The van der Waals surface area contributed by atoms with E-state index < -0.39 is 0 Å². The number of ether oxygens (including phenoxy) is 1. The van der Waals surface area contributed by atoms with Crippen LogP contribution in [0, 0.1) is 0 Å². The molecule has 0 saturated carbocycles. The summed E-state index contributed by atoms with van der Waals surface area (Å²) in [7, 11) is 0. The van der Waals surface area contributed by atoms with Crippen LogP contribution >= 0.6 is 0 Å². The molecule has 116 valence electrons. The molecule has 0 fully saturated rings. The molecule has 0 aliphatic rings. The van der Waals surface area contributed by atoms with Crippen molar-refractivity contribution in [3.05, 3.63) is 71.8 Å². The lowest BCUT2D eigenvalue weighted by Gasteiger charge is -2.24. The van der Waals surface area contributed by atoms with Crippen LogP contribution in [0.5, 0.6) is 0 Å². The summed E-state index contributed by atoms with van der Waals surface area (Å²) >= 11 is 0. The van der Waals surface area contributed by atoms with Crippen molar-refractivity contribution < 1.29 is 9.53 Å². The Labute approximate surface area is 132 Å². The van der Waals surface area contributed by atoms with Gasteiger partial charge in [-0.15, -0.1) is 0 Å². The number of carbonyl (C=O) groups is 1. The lowest BCUT2D eigenvalue weighted by atomic mass is 9.85. The molecule has 22 heavy (non-hydrogen) atoms. The van der Waals surface area contributed by atoms with Gasteiger partial charge in [0.05, 0.1) is 12.5 Å². The van der Waals surface area contributed by atoms with E-state index in [9.17, 15) is 4.79 Å². The fourth-order valence-electron chi connectivity index (χ4n) is 2.55. The Bertz CT molecular complexity index is 581. The van der Waals surface area contributed by atoms with Gasteiger partial charge in [-0.05, 0) is 25.0 Å². The Morgan fingerprint density at radius 2 is 1.45 bits per heavy atom. The average Bonchev–Trinajstić information content (AvgIpc) is 2.53. The van der Waals surface area contributed by atoms with Gasteiger partial charge in [0.15, 0.2) is 0 Å². The zero-order valence-electron chi connectivity index (χ0n) is 13.1. The van der Waals surface area contributed by atoms with E-state index in [1.165, 1.54) is 0 Å². The summed E-state index contributed by atoms with van der Waals surface area (Å²) in [6.07, 6.45) is 0.162. The number of rotatable bonds is 6. The molecule has 0 aliphatic heterocycles. The van der Waals surface area contributed by atoms with Gasteiger partial charge in [0.25, 0.3) is 0 Å². The Balaban J connectivity index is 2.24. The van der Waals surface area contributed by atoms with E-state index in [-0.39, 0.29) is 30.5 Å². The van der Waals surface area contributed by atoms with Gasteiger partial charge in [0.2, 0.25) is 0 Å². The molecular formula is C19H23NO2. The van der Waals surface area contributed by atoms with E-state index in [0.29, 0.717) is 0 Å². The normalized spacial score (nSPS) is 13.6. The van der Waals surface area contributed by atoms with Gasteiger partial charge in [-0.3, -0.25) is 4.79 Å². The molecule has 3 heteroatoms. The van der Waals surface area contributed by atoms with Crippen LogP contribution in [0.15, 0.2) is 60.7 Å². The van der Waals surface area contributed by atoms with Gasteiger partial charge >= 0.3 is 5.97 Å². The van der Waals surface area contributed by atoms with Crippen molar-refractivity contribution >= 4 is 5.97 Å². The molecule has 0 spiro atoms. The van der Waals surface area contributed by atoms with Crippen molar-refractivity contribution in [3.8, 4) is 0 Å².